The number of halogens is 3. The average Bonchev–Trinajstić information content (AvgIpc) is 2.07. The summed E-state index contributed by atoms with van der Waals surface area (Å²) in [5, 5.41) is 0. The average molecular weight is 238 g/mol. The van der Waals surface area contributed by atoms with Gasteiger partial charge in [-0.1, -0.05) is 6.08 Å². The third kappa shape index (κ3) is 3.52. The van der Waals surface area contributed by atoms with E-state index in [0.717, 1.165) is 0 Å². The van der Waals surface area contributed by atoms with Crippen LogP contribution in [0.5, 0.6) is 0 Å². The van der Waals surface area contributed by atoms with E-state index < -0.39 is 24.2 Å². The van der Waals surface area contributed by atoms with Gasteiger partial charge in [-0.25, -0.2) is 4.79 Å². The van der Waals surface area contributed by atoms with E-state index in [4.69, 9.17) is 4.74 Å². The van der Waals surface area contributed by atoms with Gasteiger partial charge in [-0.3, -0.25) is 0 Å². The first-order valence-electron chi connectivity index (χ1n) is 4.93. The second-order valence-electron chi connectivity index (χ2n) is 3.51. The van der Waals surface area contributed by atoms with Gasteiger partial charge in [0.05, 0.1) is 13.2 Å². The molecule has 0 saturated carbocycles. The lowest BCUT2D eigenvalue weighted by atomic mass is 9.94. The molecule has 0 bridgehead atoms. The van der Waals surface area contributed by atoms with E-state index >= 15 is 0 Å². The summed E-state index contributed by atoms with van der Waals surface area (Å²) in [7, 11) is 0. The van der Waals surface area contributed by atoms with Crippen LogP contribution in [0.4, 0.5) is 13.2 Å². The van der Waals surface area contributed by atoms with Gasteiger partial charge < -0.3 is 9.47 Å². The molecule has 92 valence electrons. The lowest BCUT2D eigenvalue weighted by Crippen LogP contribution is -2.50. The number of carbonyl (C=O) groups is 1. The van der Waals surface area contributed by atoms with Crippen molar-refractivity contribution in [2.45, 2.75) is 25.6 Å². The van der Waals surface area contributed by atoms with E-state index in [1.807, 2.05) is 0 Å². The summed E-state index contributed by atoms with van der Waals surface area (Å²) < 4.78 is 45.8. The summed E-state index contributed by atoms with van der Waals surface area (Å²) in [5.41, 5.74) is 0. The van der Waals surface area contributed by atoms with Crippen molar-refractivity contribution < 1.29 is 27.4 Å². The minimum absolute atomic E-state index is 0.0101. The summed E-state index contributed by atoms with van der Waals surface area (Å²) in [6.45, 7) is 1.72. The van der Waals surface area contributed by atoms with Gasteiger partial charge >= 0.3 is 12.1 Å². The zero-order valence-electron chi connectivity index (χ0n) is 8.79. The van der Waals surface area contributed by atoms with Crippen LogP contribution < -0.4 is 0 Å². The second kappa shape index (κ2) is 5.34. The zero-order chi connectivity index (χ0) is 12.2. The molecule has 2 unspecified atom stereocenters. The molecule has 1 heterocycles. The Hall–Kier alpha value is -1.04. The molecular weight excluding hydrogens is 225 g/mol. The molecule has 1 fully saturated rings. The Morgan fingerprint density at radius 1 is 1.56 bits per heavy atom. The molecule has 6 heteroatoms. The number of allylic oxidation sites excluding steroid dienone is 1. The van der Waals surface area contributed by atoms with Crippen molar-refractivity contribution in [2.24, 2.45) is 5.92 Å². The Kier molecular flexibility index (Phi) is 4.35. The largest absolute Gasteiger partial charge is 0.463 e. The minimum Gasteiger partial charge on any atom is -0.463 e. The van der Waals surface area contributed by atoms with Crippen LogP contribution in [0.3, 0.4) is 0 Å². The van der Waals surface area contributed by atoms with Gasteiger partial charge in [-0.2, -0.15) is 13.2 Å². The Morgan fingerprint density at radius 3 is 2.69 bits per heavy atom. The minimum atomic E-state index is -4.32. The maximum absolute atomic E-state index is 12.2. The Labute approximate surface area is 91.2 Å². The van der Waals surface area contributed by atoms with E-state index in [1.54, 1.807) is 6.92 Å². The van der Waals surface area contributed by atoms with Gasteiger partial charge in [0, 0.05) is 12.0 Å². The number of hydrogen-bond acceptors (Lipinski definition) is 3. The van der Waals surface area contributed by atoms with Crippen molar-refractivity contribution in [3.05, 3.63) is 12.2 Å². The predicted molar refractivity (Wildman–Crippen MR) is 49.7 cm³/mol. The van der Waals surface area contributed by atoms with E-state index in [-0.39, 0.29) is 19.6 Å². The predicted octanol–water partition coefficient (Wildman–Crippen LogP) is 2.07. The van der Waals surface area contributed by atoms with Crippen molar-refractivity contribution in [3.63, 3.8) is 0 Å². The first kappa shape index (κ1) is 13.0. The van der Waals surface area contributed by atoms with Crippen molar-refractivity contribution in [1.29, 1.82) is 0 Å². The molecule has 0 N–H and O–H groups in total. The van der Waals surface area contributed by atoms with E-state index in [0.29, 0.717) is 0 Å². The first-order valence-corrected chi connectivity index (χ1v) is 4.93. The number of carbonyl (C=O) groups excluding carboxylic acids is 1. The number of ether oxygens (including phenoxy) is 2. The van der Waals surface area contributed by atoms with Crippen LogP contribution in [-0.4, -0.2) is 31.5 Å². The smallest absolute Gasteiger partial charge is 0.414 e. The lowest BCUT2D eigenvalue weighted by Gasteiger charge is -2.37. The van der Waals surface area contributed by atoms with E-state index in [9.17, 15) is 18.0 Å². The third-order valence-electron chi connectivity index (χ3n) is 2.28. The molecule has 1 saturated heterocycles. The Morgan fingerprint density at radius 2 is 2.25 bits per heavy atom. The summed E-state index contributed by atoms with van der Waals surface area (Å²) in [6.07, 6.45) is -3.12. The highest BCUT2D eigenvalue weighted by atomic mass is 19.4. The number of hydrogen-bond donors (Lipinski definition) is 0. The summed E-state index contributed by atoms with van der Waals surface area (Å²) in [6, 6.07) is 0. The molecule has 1 aliphatic heterocycles. The normalized spacial score (nSPS) is 25.5. The molecule has 3 nitrogen and oxygen atoms in total. The monoisotopic (exact) mass is 238 g/mol. The molecule has 0 aromatic rings. The highest BCUT2D eigenvalue weighted by Gasteiger charge is 2.51. The molecule has 0 aliphatic carbocycles. The van der Waals surface area contributed by atoms with Gasteiger partial charge in [0.25, 0.3) is 0 Å². The van der Waals surface area contributed by atoms with E-state index in [1.165, 1.54) is 12.2 Å². The van der Waals surface area contributed by atoms with Crippen LogP contribution in [-0.2, 0) is 14.3 Å². The highest BCUT2D eigenvalue weighted by Crippen LogP contribution is 2.36. The van der Waals surface area contributed by atoms with Crippen molar-refractivity contribution in [2.75, 3.05) is 13.2 Å². The zero-order valence-corrected chi connectivity index (χ0v) is 8.79. The van der Waals surface area contributed by atoms with Crippen LogP contribution in [0, 0.1) is 5.92 Å². The molecule has 1 aliphatic rings. The fourth-order valence-corrected chi connectivity index (χ4v) is 1.42. The fourth-order valence-electron chi connectivity index (χ4n) is 1.42. The summed E-state index contributed by atoms with van der Waals surface area (Å²) in [5.74, 6) is -1.13. The van der Waals surface area contributed by atoms with Crippen LogP contribution in [0.15, 0.2) is 12.2 Å². The van der Waals surface area contributed by atoms with Gasteiger partial charge in [0.2, 0.25) is 0 Å². The van der Waals surface area contributed by atoms with Crippen LogP contribution in [0.2, 0.25) is 0 Å². The standard InChI is InChI=1S/C10H13F3O3/c1-2-3-8(14)15-5-4-7-6-16-9(7)10(11,12)13/h2-3,7,9H,4-6H2,1H3. The Bertz CT molecular complexity index is 273. The summed E-state index contributed by atoms with van der Waals surface area (Å²) >= 11 is 0. The lowest BCUT2D eigenvalue weighted by molar-refractivity contribution is -0.289. The highest BCUT2D eigenvalue weighted by molar-refractivity contribution is 5.81. The first-order chi connectivity index (χ1) is 7.45. The molecule has 16 heavy (non-hydrogen) atoms. The van der Waals surface area contributed by atoms with Crippen molar-refractivity contribution in [3.8, 4) is 0 Å². The molecule has 0 aromatic heterocycles. The van der Waals surface area contributed by atoms with Gasteiger partial charge in [0.15, 0.2) is 6.10 Å². The second-order valence-corrected chi connectivity index (χ2v) is 3.51. The molecule has 1 rings (SSSR count). The van der Waals surface area contributed by atoms with E-state index in [2.05, 4.69) is 4.74 Å². The number of alkyl halides is 3. The topological polar surface area (TPSA) is 35.5 Å². The maximum atomic E-state index is 12.2. The quantitative estimate of drug-likeness (QED) is 0.555. The molecule has 2 atom stereocenters. The fraction of sp³-hybridized carbons (Fsp3) is 0.700. The molecule has 0 radical (unpaired) electrons. The van der Waals surface area contributed by atoms with Crippen molar-refractivity contribution >= 4 is 5.97 Å². The van der Waals surface area contributed by atoms with Crippen molar-refractivity contribution in [1.82, 2.24) is 0 Å². The third-order valence-corrected chi connectivity index (χ3v) is 2.28. The van der Waals surface area contributed by atoms with Gasteiger partial charge in [-0.15, -0.1) is 0 Å². The molecule has 0 spiro atoms. The molecule has 0 amide bonds. The van der Waals surface area contributed by atoms with Crippen LogP contribution in [0.25, 0.3) is 0 Å². The summed E-state index contributed by atoms with van der Waals surface area (Å²) in [4.78, 5) is 10.8. The van der Waals surface area contributed by atoms with Gasteiger partial charge in [-0.05, 0) is 13.3 Å². The molecule has 0 aromatic carbocycles. The number of rotatable bonds is 4. The van der Waals surface area contributed by atoms with Crippen LogP contribution >= 0.6 is 0 Å². The maximum Gasteiger partial charge on any atom is 0.414 e. The SMILES string of the molecule is CC=CC(=O)OCCC1COC1C(F)(F)F. The van der Waals surface area contributed by atoms with Crippen LogP contribution in [0.1, 0.15) is 13.3 Å². The number of esters is 1. The van der Waals surface area contributed by atoms with Gasteiger partial charge in [0.1, 0.15) is 0 Å². The Balaban J connectivity index is 2.22. The molecular formula is C10H13F3O3.